The summed E-state index contributed by atoms with van der Waals surface area (Å²) >= 11 is 7.66. The van der Waals surface area contributed by atoms with E-state index in [9.17, 15) is 4.79 Å². The molecular weight excluding hydrogens is 404 g/mol. The number of aromatic nitrogens is 3. The van der Waals surface area contributed by atoms with Crippen LogP contribution in [0.25, 0.3) is 11.4 Å². The predicted molar refractivity (Wildman–Crippen MR) is 121 cm³/mol. The Kier molecular flexibility index (Phi) is 7.12. The maximum absolute atomic E-state index is 12.5. The van der Waals surface area contributed by atoms with E-state index in [0.29, 0.717) is 28.5 Å². The molecule has 0 aliphatic carbocycles. The number of nitrogens with zero attached hydrogens (tertiary/aromatic N) is 3. The lowest BCUT2D eigenvalue weighted by molar-refractivity contribution is -0.113. The Labute approximate surface area is 180 Å². The number of carbonyl (C=O) groups excluding carboxylic acids is 1. The van der Waals surface area contributed by atoms with Gasteiger partial charge in [-0.2, -0.15) is 0 Å². The third-order valence-corrected chi connectivity index (χ3v) is 5.63. The summed E-state index contributed by atoms with van der Waals surface area (Å²) in [6.45, 7) is 8.54. The number of amides is 1. The Hall–Kier alpha value is -2.57. The van der Waals surface area contributed by atoms with Crippen LogP contribution >= 0.6 is 23.4 Å². The minimum atomic E-state index is -0.0875. The molecule has 2 aromatic carbocycles. The van der Waals surface area contributed by atoms with Gasteiger partial charge in [0.2, 0.25) is 5.91 Å². The summed E-state index contributed by atoms with van der Waals surface area (Å²) in [6, 6.07) is 15.3. The lowest BCUT2D eigenvalue weighted by Gasteiger charge is -2.13. The number of carbonyl (C=O) groups is 1. The minimum absolute atomic E-state index is 0.0875. The van der Waals surface area contributed by atoms with Crippen LogP contribution in [0, 0.1) is 0 Å². The fraction of sp³-hybridized carbons (Fsp3) is 0.227. The van der Waals surface area contributed by atoms with Crippen molar-refractivity contribution in [3.63, 3.8) is 0 Å². The molecule has 0 radical (unpaired) electrons. The first-order valence-corrected chi connectivity index (χ1v) is 10.7. The molecule has 7 heteroatoms. The van der Waals surface area contributed by atoms with E-state index in [1.807, 2.05) is 53.1 Å². The molecule has 1 N–H and O–H groups in total. The Balaban J connectivity index is 1.75. The van der Waals surface area contributed by atoms with Gasteiger partial charge in [-0.3, -0.25) is 9.36 Å². The van der Waals surface area contributed by atoms with Crippen LogP contribution in [0.15, 0.2) is 66.3 Å². The molecule has 0 aliphatic heterocycles. The molecule has 0 spiro atoms. The van der Waals surface area contributed by atoms with E-state index in [1.54, 1.807) is 6.08 Å². The molecule has 0 unspecified atom stereocenters. The van der Waals surface area contributed by atoms with Crippen molar-refractivity contribution in [1.29, 1.82) is 0 Å². The van der Waals surface area contributed by atoms with E-state index >= 15 is 0 Å². The topological polar surface area (TPSA) is 59.8 Å². The molecule has 0 bridgehead atoms. The van der Waals surface area contributed by atoms with Crippen LogP contribution in [0.5, 0.6) is 0 Å². The average molecular weight is 427 g/mol. The third-order valence-electron chi connectivity index (χ3n) is 4.33. The Morgan fingerprint density at radius 1 is 1.21 bits per heavy atom. The van der Waals surface area contributed by atoms with Crippen molar-refractivity contribution in [2.45, 2.75) is 31.5 Å². The summed E-state index contributed by atoms with van der Waals surface area (Å²) in [7, 11) is 0. The van der Waals surface area contributed by atoms with Crippen molar-refractivity contribution < 1.29 is 4.79 Å². The van der Waals surface area contributed by atoms with Gasteiger partial charge >= 0.3 is 0 Å². The van der Waals surface area contributed by atoms with E-state index in [-0.39, 0.29) is 11.7 Å². The summed E-state index contributed by atoms with van der Waals surface area (Å²) < 4.78 is 1.91. The molecule has 0 saturated heterocycles. The Morgan fingerprint density at radius 3 is 2.66 bits per heavy atom. The molecule has 0 aliphatic rings. The van der Waals surface area contributed by atoms with Crippen LogP contribution in [-0.2, 0) is 11.3 Å². The Bertz CT molecular complexity index is 1020. The normalized spacial score (nSPS) is 10.9. The summed E-state index contributed by atoms with van der Waals surface area (Å²) in [5, 5.41) is 12.8. The number of hydrogen-bond donors (Lipinski definition) is 1. The maximum Gasteiger partial charge on any atom is 0.234 e. The largest absolute Gasteiger partial charge is 0.325 e. The van der Waals surface area contributed by atoms with Gasteiger partial charge in [0.05, 0.1) is 10.8 Å². The van der Waals surface area contributed by atoms with Gasteiger partial charge in [-0.25, -0.2) is 0 Å². The van der Waals surface area contributed by atoms with Crippen LogP contribution < -0.4 is 5.32 Å². The molecule has 1 amide bonds. The number of nitrogens with one attached hydrogen (secondary N) is 1. The highest BCUT2D eigenvalue weighted by molar-refractivity contribution is 7.99. The summed E-state index contributed by atoms with van der Waals surface area (Å²) in [4.78, 5) is 12.5. The van der Waals surface area contributed by atoms with Gasteiger partial charge in [-0.05, 0) is 29.7 Å². The Morgan fingerprint density at radius 2 is 1.93 bits per heavy atom. The summed E-state index contributed by atoms with van der Waals surface area (Å²) in [5.74, 6) is 1.12. The first-order valence-electron chi connectivity index (χ1n) is 9.31. The fourth-order valence-electron chi connectivity index (χ4n) is 2.96. The number of benzene rings is 2. The number of para-hydroxylation sites is 1. The van der Waals surface area contributed by atoms with Crippen LogP contribution in [0.2, 0.25) is 5.02 Å². The second-order valence-electron chi connectivity index (χ2n) is 6.76. The smallest absolute Gasteiger partial charge is 0.234 e. The molecule has 29 heavy (non-hydrogen) atoms. The molecule has 3 aromatic rings. The highest BCUT2D eigenvalue weighted by Gasteiger charge is 2.17. The number of allylic oxidation sites excluding steroid dienone is 1. The van der Waals surface area contributed by atoms with E-state index < -0.39 is 0 Å². The van der Waals surface area contributed by atoms with Gasteiger partial charge in [0.15, 0.2) is 11.0 Å². The highest BCUT2D eigenvalue weighted by Crippen LogP contribution is 2.29. The second kappa shape index (κ2) is 9.76. The van der Waals surface area contributed by atoms with Gasteiger partial charge in [-0.1, -0.05) is 73.6 Å². The lowest BCUT2D eigenvalue weighted by Crippen LogP contribution is -2.16. The molecule has 0 saturated carbocycles. The SMILES string of the molecule is C=CCn1c(SCC(=O)Nc2ccccc2C(C)C)nnc1-c1ccccc1Cl. The molecule has 3 rings (SSSR count). The van der Waals surface area contributed by atoms with E-state index in [2.05, 4.69) is 35.9 Å². The van der Waals surface area contributed by atoms with E-state index in [0.717, 1.165) is 16.8 Å². The quantitative estimate of drug-likeness (QED) is 0.374. The number of anilines is 1. The molecule has 150 valence electrons. The zero-order valence-electron chi connectivity index (χ0n) is 16.4. The molecule has 0 fully saturated rings. The fourth-order valence-corrected chi connectivity index (χ4v) is 3.93. The van der Waals surface area contributed by atoms with Gasteiger partial charge in [-0.15, -0.1) is 16.8 Å². The average Bonchev–Trinajstić information content (AvgIpc) is 3.10. The second-order valence-corrected chi connectivity index (χ2v) is 8.11. The van der Waals surface area contributed by atoms with Crippen LogP contribution in [0.1, 0.15) is 25.3 Å². The standard InChI is InChI=1S/C22H23ClN4OS/c1-4-13-27-21(17-10-5-7-11-18(17)23)25-26-22(27)29-14-20(28)24-19-12-8-6-9-16(19)15(2)3/h4-12,15H,1,13-14H2,2-3H3,(H,24,28). The predicted octanol–water partition coefficient (Wildman–Crippen LogP) is 5.64. The highest BCUT2D eigenvalue weighted by atomic mass is 35.5. The van der Waals surface area contributed by atoms with Gasteiger partial charge < -0.3 is 5.32 Å². The van der Waals surface area contributed by atoms with Crippen molar-refractivity contribution in [2.24, 2.45) is 0 Å². The third kappa shape index (κ3) is 5.08. The number of thioether (sulfide) groups is 1. The zero-order chi connectivity index (χ0) is 20.8. The van der Waals surface area contributed by atoms with Crippen molar-refractivity contribution in [3.8, 4) is 11.4 Å². The van der Waals surface area contributed by atoms with Gasteiger partial charge in [0, 0.05) is 17.8 Å². The summed E-state index contributed by atoms with van der Waals surface area (Å²) in [5.41, 5.74) is 2.75. The number of rotatable bonds is 8. The van der Waals surface area contributed by atoms with Gasteiger partial charge in [0.25, 0.3) is 0 Å². The first-order chi connectivity index (χ1) is 14.0. The molecule has 0 atom stereocenters. The zero-order valence-corrected chi connectivity index (χ0v) is 18.0. The van der Waals surface area contributed by atoms with Crippen molar-refractivity contribution in [1.82, 2.24) is 14.8 Å². The first kappa shape index (κ1) is 21.1. The molecule has 1 aromatic heterocycles. The monoisotopic (exact) mass is 426 g/mol. The van der Waals surface area contributed by atoms with Crippen molar-refractivity contribution in [3.05, 3.63) is 71.8 Å². The van der Waals surface area contributed by atoms with Crippen molar-refractivity contribution >= 4 is 35.0 Å². The summed E-state index contributed by atoms with van der Waals surface area (Å²) in [6.07, 6.45) is 1.77. The van der Waals surface area contributed by atoms with E-state index in [4.69, 9.17) is 11.6 Å². The maximum atomic E-state index is 12.5. The van der Waals surface area contributed by atoms with Crippen molar-refractivity contribution in [2.75, 3.05) is 11.1 Å². The lowest BCUT2D eigenvalue weighted by atomic mass is 10.0. The van der Waals surface area contributed by atoms with Crippen LogP contribution in [0.4, 0.5) is 5.69 Å². The minimum Gasteiger partial charge on any atom is -0.325 e. The van der Waals surface area contributed by atoms with Crippen LogP contribution in [0.3, 0.4) is 0 Å². The molecular formula is C22H23ClN4OS. The molecule has 5 nitrogen and oxygen atoms in total. The van der Waals surface area contributed by atoms with Crippen LogP contribution in [-0.4, -0.2) is 26.4 Å². The number of halogens is 1. The van der Waals surface area contributed by atoms with E-state index in [1.165, 1.54) is 11.8 Å². The van der Waals surface area contributed by atoms with Gasteiger partial charge in [0.1, 0.15) is 0 Å². The molecule has 1 heterocycles. The number of hydrogen-bond acceptors (Lipinski definition) is 4.